The van der Waals surface area contributed by atoms with Gasteiger partial charge in [-0.05, 0) is 44.2 Å². The van der Waals surface area contributed by atoms with E-state index in [-0.39, 0.29) is 32.1 Å². The Kier molecular flexibility index (Phi) is 14.8. The summed E-state index contributed by atoms with van der Waals surface area (Å²) in [4.78, 5) is 72.4. The van der Waals surface area contributed by atoms with Crippen molar-refractivity contribution in [2.45, 2.75) is 75.5 Å². The van der Waals surface area contributed by atoms with Crippen LogP contribution in [0.15, 0.2) is 30.3 Å². The molecule has 216 valence electrons. The highest BCUT2D eigenvalue weighted by atomic mass is 16.4. The first-order valence-corrected chi connectivity index (χ1v) is 12.6. The average molecular weight is 551 g/mol. The van der Waals surface area contributed by atoms with Gasteiger partial charge in [0, 0.05) is 19.3 Å². The lowest BCUT2D eigenvalue weighted by molar-refractivity contribution is -0.143. The van der Waals surface area contributed by atoms with E-state index in [0.29, 0.717) is 24.9 Å². The number of unbranched alkanes of at least 4 members (excludes halogenated alkanes) is 1. The third-order valence-corrected chi connectivity index (χ3v) is 5.80. The number of nitrogens with two attached hydrogens (primary N) is 3. The van der Waals surface area contributed by atoms with Gasteiger partial charge in [0.15, 0.2) is 0 Å². The normalized spacial score (nSPS) is 13.8. The number of carbonyl (C=O) groups is 6. The van der Waals surface area contributed by atoms with Gasteiger partial charge < -0.3 is 43.4 Å². The maximum atomic E-state index is 13.3. The monoisotopic (exact) mass is 550 g/mol. The molecule has 1 aromatic rings. The smallest absolute Gasteiger partial charge is 0.326 e. The summed E-state index contributed by atoms with van der Waals surface area (Å²) in [5.41, 5.74) is 17.2. The first kappa shape index (κ1) is 33.0. The molecule has 39 heavy (non-hydrogen) atoms. The van der Waals surface area contributed by atoms with Crippen LogP contribution in [0.4, 0.5) is 0 Å². The predicted molar refractivity (Wildman–Crippen MR) is 140 cm³/mol. The van der Waals surface area contributed by atoms with Crippen molar-refractivity contribution in [3.8, 4) is 0 Å². The Balaban J connectivity index is 3.09. The molecule has 0 spiro atoms. The number of nitrogens with one attached hydrogen (secondary N) is 3. The van der Waals surface area contributed by atoms with Gasteiger partial charge in [-0.1, -0.05) is 30.3 Å². The third-order valence-electron chi connectivity index (χ3n) is 5.80. The maximum absolute atomic E-state index is 13.3. The van der Waals surface area contributed by atoms with Gasteiger partial charge in [0.2, 0.25) is 23.6 Å². The Hall–Kier alpha value is -4.04. The number of hydrogen-bond acceptors (Lipinski definition) is 8. The molecule has 4 amide bonds. The summed E-state index contributed by atoms with van der Waals surface area (Å²) >= 11 is 0. The quantitative estimate of drug-likeness (QED) is 0.0910. The highest BCUT2D eigenvalue weighted by Crippen LogP contribution is 2.08. The number of aliphatic carboxylic acids is 2. The van der Waals surface area contributed by atoms with Crippen LogP contribution in [0.5, 0.6) is 0 Å². The van der Waals surface area contributed by atoms with E-state index in [1.54, 1.807) is 30.3 Å². The van der Waals surface area contributed by atoms with Crippen LogP contribution in [0, 0.1) is 0 Å². The number of amides is 4. The third kappa shape index (κ3) is 13.4. The summed E-state index contributed by atoms with van der Waals surface area (Å²) in [6, 6.07) is 3.81. The van der Waals surface area contributed by atoms with E-state index in [2.05, 4.69) is 16.0 Å². The zero-order chi connectivity index (χ0) is 29.4. The van der Waals surface area contributed by atoms with Crippen LogP contribution < -0.4 is 33.2 Å². The van der Waals surface area contributed by atoms with Gasteiger partial charge in [0.05, 0.1) is 6.04 Å². The van der Waals surface area contributed by atoms with E-state index in [0.717, 1.165) is 0 Å². The lowest BCUT2D eigenvalue weighted by atomic mass is 10.0. The zero-order valence-corrected chi connectivity index (χ0v) is 21.6. The molecule has 0 heterocycles. The highest BCUT2D eigenvalue weighted by Gasteiger charge is 2.30. The first-order chi connectivity index (χ1) is 18.4. The molecule has 0 aromatic heterocycles. The zero-order valence-electron chi connectivity index (χ0n) is 21.6. The van der Waals surface area contributed by atoms with Crippen molar-refractivity contribution in [2.24, 2.45) is 17.2 Å². The molecule has 1 rings (SSSR count). The lowest BCUT2D eigenvalue weighted by Crippen LogP contribution is -2.57. The predicted octanol–water partition coefficient (Wildman–Crippen LogP) is -1.65. The van der Waals surface area contributed by atoms with Gasteiger partial charge in [-0.2, -0.15) is 0 Å². The molecule has 4 atom stereocenters. The molecular formula is C25H38N6O8. The first-order valence-electron chi connectivity index (χ1n) is 12.6. The van der Waals surface area contributed by atoms with Crippen molar-refractivity contribution in [3.05, 3.63) is 35.9 Å². The van der Waals surface area contributed by atoms with Gasteiger partial charge in [-0.3, -0.25) is 24.0 Å². The van der Waals surface area contributed by atoms with E-state index in [1.807, 2.05) is 0 Å². The molecular weight excluding hydrogens is 512 g/mol. The van der Waals surface area contributed by atoms with E-state index >= 15 is 0 Å². The summed E-state index contributed by atoms with van der Waals surface area (Å²) in [5, 5.41) is 25.7. The molecule has 0 radical (unpaired) electrons. The Labute approximate surface area is 226 Å². The van der Waals surface area contributed by atoms with Crippen molar-refractivity contribution >= 4 is 35.6 Å². The fourth-order valence-corrected chi connectivity index (χ4v) is 3.60. The second kappa shape index (κ2) is 17.5. The minimum Gasteiger partial charge on any atom is -0.481 e. The van der Waals surface area contributed by atoms with Crippen LogP contribution in [0.2, 0.25) is 0 Å². The molecule has 1 aromatic carbocycles. The second-order valence-corrected chi connectivity index (χ2v) is 9.04. The number of benzene rings is 1. The molecule has 14 heteroatoms. The number of carboxylic acids is 2. The topological polar surface area (TPSA) is 257 Å². The van der Waals surface area contributed by atoms with Crippen molar-refractivity contribution in [1.82, 2.24) is 16.0 Å². The minimum absolute atomic E-state index is 0.0299. The summed E-state index contributed by atoms with van der Waals surface area (Å²) in [6.45, 7) is 0.328. The average Bonchev–Trinajstić information content (AvgIpc) is 2.88. The summed E-state index contributed by atoms with van der Waals surface area (Å²) in [6.07, 6.45) is 0.129. The molecule has 0 saturated heterocycles. The van der Waals surface area contributed by atoms with Crippen molar-refractivity contribution in [2.75, 3.05) is 6.54 Å². The highest BCUT2D eigenvalue weighted by molar-refractivity contribution is 5.94. The van der Waals surface area contributed by atoms with Gasteiger partial charge >= 0.3 is 11.9 Å². The number of rotatable bonds is 19. The molecule has 0 saturated carbocycles. The molecule has 0 bridgehead atoms. The van der Waals surface area contributed by atoms with Crippen LogP contribution in [0.25, 0.3) is 0 Å². The fraction of sp³-hybridized carbons (Fsp3) is 0.520. The van der Waals surface area contributed by atoms with E-state index < -0.39 is 66.2 Å². The lowest BCUT2D eigenvalue weighted by Gasteiger charge is -2.25. The number of hydrogen-bond donors (Lipinski definition) is 8. The van der Waals surface area contributed by atoms with Crippen LogP contribution >= 0.6 is 0 Å². The Morgan fingerprint density at radius 3 is 1.90 bits per heavy atom. The Morgan fingerprint density at radius 2 is 1.33 bits per heavy atom. The molecule has 14 nitrogen and oxygen atoms in total. The summed E-state index contributed by atoms with van der Waals surface area (Å²) in [5.74, 6) is -5.52. The van der Waals surface area contributed by atoms with E-state index in [1.165, 1.54) is 0 Å². The van der Waals surface area contributed by atoms with Crippen LogP contribution in [-0.2, 0) is 35.2 Å². The van der Waals surface area contributed by atoms with Crippen LogP contribution in [0.3, 0.4) is 0 Å². The maximum Gasteiger partial charge on any atom is 0.326 e. The Bertz CT molecular complexity index is 990. The molecule has 4 unspecified atom stereocenters. The SMILES string of the molecule is NCCCCC(NC(=O)C(Cc1ccccc1)NC(=O)C(N)CCC(N)=O)C(=O)NC(CCC(=O)O)C(=O)O. The van der Waals surface area contributed by atoms with Gasteiger partial charge in [-0.15, -0.1) is 0 Å². The van der Waals surface area contributed by atoms with Crippen LogP contribution in [0.1, 0.15) is 50.5 Å². The Morgan fingerprint density at radius 1 is 0.744 bits per heavy atom. The van der Waals surface area contributed by atoms with Crippen molar-refractivity contribution < 1.29 is 39.0 Å². The van der Waals surface area contributed by atoms with Crippen molar-refractivity contribution in [3.63, 3.8) is 0 Å². The van der Waals surface area contributed by atoms with Gasteiger partial charge in [-0.25, -0.2) is 4.79 Å². The van der Waals surface area contributed by atoms with Gasteiger partial charge in [0.25, 0.3) is 0 Å². The minimum atomic E-state index is -1.48. The largest absolute Gasteiger partial charge is 0.481 e. The molecule has 0 aliphatic carbocycles. The fourth-order valence-electron chi connectivity index (χ4n) is 3.60. The number of carboxylic acid groups (broad SMARTS) is 2. The summed E-state index contributed by atoms with van der Waals surface area (Å²) in [7, 11) is 0. The van der Waals surface area contributed by atoms with Gasteiger partial charge in [0.1, 0.15) is 18.1 Å². The molecule has 0 aliphatic heterocycles. The number of carbonyl (C=O) groups excluding carboxylic acids is 4. The number of primary amides is 1. The van der Waals surface area contributed by atoms with E-state index in [4.69, 9.17) is 22.3 Å². The van der Waals surface area contributed by atoms with E-state index in [9.17, 15) is 33.9 Å². The molecule has 0 fully saturated rings. The molecule has 0 aliphatic rings. The second-order valence-electron chi connectivity index (χ2n) is 9.04. The van der Waals surface area contributed by atoms with Crippen LogP contribution in [-0.4, -0.2) is 76.5 Å². The molecule has 11 N–H and O–H groups in total. The van der Waals surface area contributed by atoms with Crippen molar-refractivity contribution in [1.29, 1.82) is 0 Å². The summed E-state index contributed by atoms with van der Waals surface area (Å²) < 4.78 is 0. The standard InChI is InChI=1S/C25H38N6O8/c26-13-5-4-8-17(23(36)30-18(25(38)39)10-12-21(33)34)29-24(37)19(14-15-6-2-1-3-7-15)31-22(35)16(27)9-11-20(28)32/h1-3,6-7,16-19H,4-5,8-14,26-27H2,(H2,28,32)(H,29,37)(H,30,36)(H,31,35)(H,33,34)(H,38,39).